The Morgan fingerprint density at radius 3 is 2.03 bits per heavy atom. The zero-order valence-corrected chi connectivity index (χ0v) is 37.5. The summed E-state index contributed by atoms with van der Waals surface area (Å²) in [6.07, 6.45) is -9.19. The van der Waals surface area contributed by atoms with E-state index in [1.54, 1.807) is 0 Å². The maximum absolute atomic E-state index is 13.1. The van der Waals surface area contributed by atoms with Gasteiger partial charge in [0.1, 0.15) is 54.9 Å². The van der Waals surface area contributed by atoms with Gasteiger partial charge in [0, 0.05) is 5.41 Å². The Labute approximate surface area is 364 Å². The van der Waals surface area contributed by atoms with E-state index < -0.39 is 103 Å². The average molecular weight is 883 g/mol. The fourth-order valence-corrected chi connectivity index (χ4v) is 14.5. The second kappa shape index (κ2) is 16.5. The molecule has 0 radical (unpaired) electrons. The van der Waals surface area contributed by atoms with Crippen LogP contribution in [0.2, 0.25) is 0 Å². The highest BCUT2D eigenvalue weighted by Crippen LogP contribution is 2.76. The molecule has 0 aromatic heterocycles. The Kier molecular flexibility index (Phi) is 12.5. The molecule has 0 aromatic rings. The van der Waals surface area contributed by atoms with Crippen LogP contribution in [0.3, 0.4) is 0 Å². The summed E-state index contributed by atoms with van der Waals surface area (Å²) >= 11 is 0. The lowest BCUT2D eigenvalue weighted by Gasteiger charge is -2.71. The standard InChI is InChI=1S/C46H74O16/c1-22-30(50)35(61-37-33(53)31(51)25(48)19-57-37)34(54)38(59-22)62-36-32(52)26(49)20-58-39(36)60-29-11-12-42(4)27(43(29,5)21-47)10-13-45(7)28(42)9-8-23-24-18-41(2,3)14-16-46(24,40(55)56)17-15-44(23,45)6/h8,22,24-39,47-54H,9-21H2,1-7H3,(H,55,56)/t22-,24+,25+,26+,27?,28?,29+,30-,31+,32+,33-,34-,35+,36-,37+,38+,39+,42+,43+,44?,45-,46+/m1/s1. The van der Waals surface area contributed by atoms with Crippen molar-refractivity contribution in [3.05, 3.63) is 11.6 Å². The van der Waals surface area contributed by atoms with E-state index >= 15 is 0 Å². The SMILES string of the molecule is C[C@H]1O[C@@H](O[C@H]2[C@H](O[C@H]3CC[C@@]4(C)C(CC[C@]5(C)C4CC=C4[C@@H]6CC(C)(C)CC[C@]6(C(=O)O)CCC45C)[C@]3(C)CO)OC[C@H](O)[C@@H]2O)[C@H](O)[C@@H](O[C@@H]2OC[C@H](O)[C@H](O)[C@H]2O)[C@@H]1O. The van der Waals surface area contributed by atoms with E-state index in [4.69, 9.17) is 28.4 Å². The van der Waals surface area contributed by atoms with Crippen LogP contribution in [0, 0.1) is 50.2 Å². The molecule has 16 nitrogen and oxygen atoms in total. The molecular weight excluding hydrogens is 808 g/mol. The molecule has 3 unspecified atom stereocenters. The summed E-state index contributed by atoms with van der Waals surface area (Å²) in [7, 11) is 0. The summed E-state index contributed by atoms with van der Waals surface area (Å²) in [5, 5.41) is 97.4. The van der Waals surface area contributed by atoms with E-state index in [0.29, 0.717) is 19.3 Å². The molecule has 8 rings (SSSR count). The Morgan fingerprint density at radius 2 is 1.35 bits per heavy atom. The van der Waals surface area contributed by atoms with Crippen molar-refractivity contribution in [2.75, 3.05) is 19.8 Å². The van der Waals surface area contributed by atoms with Gasteiger partial charge in [0.2, 0.25) is 0 Å². The first-order valence-electron chi connectivity index (χ1n) is 23.1. The summed E-state index contributed by atoms with van der Waals surface area (Å²) in [5.41, 5.74) is -0.519. The molecule has 16 heteroatoms. The quantitative estimate of drug-likeness (QED) is 0.125. The monoisotopic (exact) mass is 882 g/mol. The smallest absolute Gasteiger partial charge is 0.310 e. The molecule has 0 spiro atoms. The lowest BCUT2D eigenvalue weighted by atomic mass is 9.33. The predicted octanol–water partition coefficient (Wildman–Crippen LogP) is 1.98. The van der Waals surface area contributed by atoms with Crippen LogP contribution in [0.5, 0.6) is 0 Å². The molecule has 9 N–H and O–H groups in total. The average Bonchev–Trinajstić information content (AvgIpc) is 3.21. The number of aliphatic hydroxyl groups is 8. The Morgan fingerprint density at radius 1 is 0.710 bits per heavy atom. The first kappa shape index (κ1) is 47.2. The maximum Gasteiger partial charge on any atom is 0.310 e. The van der Waals surface area contributed by atoms with E-state index in [1.165, 1.54) is 12.5 Å². The van der Waals surface area contributed by atoms with E-state index in [-0.39, 0.29) is 59.2 Å². The zero-order valence-electron chi connectivity index (χ0n) is 37.5. The molecule has 3 saturated heterocycles. The Balaban J connectivity index is 1.02. The fourth-order valence-electron chi connectivity index (χ4n) is 14.5. The minimum atomic E-state index is -1.73. The number of rotatable bonds is 8. The van der Waals surface area contributed by atoms with Crippen molar-refractivity contribution in [3.8, 4) is 0 Å². The minimum Gasteiger partial charge on any atom is -0.481 e. The van der Waals surface area contributed by atoms with Crippen LogP contribution < -0.4 is 0 Å². The van der Waals surface area contributed by atoms with Crippen LogP contribution in [0.25, 0.3) is 0 Å². The van der Waals surface area contributed by atoms with E-state index in [0.717, 1.165) is 44.9 Å². The highest BCUT2D eigenvalue weighted by Gasteiger charge is 2.70. The third kappa shape index (κ3) is 7.19. The lowest BCUT2D eigenvalue weighted by molar-refractivity contribution is -0.379. The molecule has 22 atom stereocenters. The van der Waals surface area contributed by atoms with Crippen molar-refractivity contribution >= 4 is 5.97 Å². The van der Waals surface area contributed by atoms with Crippen LogP contribution >= 0.6 is 0 Å². The molecule has 5 aliphatic carbocycles. The highest BCUT2D eigenvalue weighted by atomic mass is 16.8. The first-order valence-corrected chi connectivity index (χ1v) is 23.1. The molecule has 0 bridgehead atoms. The summed E-state index contributed by atoms with van der Waals surface area (Å²) in [4.78, 5) is 13.1. The number of allylic oxidation sites excluding steroid dienone is 2. The van der Waals surface area contributed by atoms with Gasteiger partial charge in [-0.1, -0.05) is 53.2 Å². The molecule has 8 aliphatic rings. The van der Waals surface area contributed by atoms with E-state index in [1.807, 2.05) is 0 Å². The van der Waals surface area contributed by atoms with Crippen LogP contribution in [0.1, 0.15) is 113 Å². The normalized spacial score (nSPS) is 55.1. The van der Waals surface area contributed by atoms with Gasteiger partial charge in [-0.05, 0) is 111 Å². The van der Waals surface area contributed by atoms with E-state index in [2.05, 4.69) is 47.6 Å². The molecule has 7 fully saturated rings. The van der Waals surface area contributed by atoms with Crippen molar-refractivity contribution in [1.29, 1.82) is 0 Å². The summed E-state index contributed by atoms with van der Waals surface area (Å²) in [6, 6.07) is 0. The molecule has 3 heterocycles. The molecule has 62 heavy (non-hydrogen) atoms. The van der Waals surface area contributed by atoms with Gasteiger partial charge in [0.25, 0.3) is 0 Å². The fraction of sp³-hybridized carbons (Fsp3) is 0.935. The van der Waals surface area contributed by atoms with Gasteiger partial charge >= 0.3 is 5.97 Å². The topological polar surface area (TPSA) is 255 Å². The summed E-state index contributed by atoms with van der Waals surface area (Å²) < 4.78 is 36.0. The van der Waals surface area contributed by atoms with Crippen LogP contribution in [-0.4, -0.2) is 158 Å². The zero-order chi connectivity index (χ0) is 45.1. The largest absolute Gasteiger partial charge is 0.481 e. The van der Waals surface area contributed by atoms with Gasteiger partial charge in [-0.2, -0.15) is 0 Å². The third-order valence-electron chi connectivity index (χ3n) is 18.7. The van der Waals surface area contributed by atoms with Crippen molar-refractivity contribution in [3.63, 3.8) is 0 Å². The van der Waals surface area contributed by atoms with Crippen LogP contribution in [0.4, 0.5) is 0 Å². The number of aliphatic hydroxyl groups excluding tert-OH is 8. The second-order valence-electron chi connectivity index (χ2n) is 22.4. The molecule has 3 aliphatic heterocycles. The highest BCUT2D eigenvalue weighted by molar-refractivity contribution is 5.76. The van der Waals surface area contributed by atoms with Gasteiger partial charge in [-0.25, -0.2) is 0 Å². The third-order valence-corrected chi connectivity index (χ3v) is 18.7. The Hall–Kier alpha value is -1.35. The van der Waals surface area contributed by atoms with Crippen molar-refractivity contribution < 1.29 is 79.2 Å². The van der Waals surface area contributed by atoms with Crippen molar-refractivity contribution in [2.45, 2.75) is 199 Å². The number of carboxylic acids is 1. The van der Waals surface area contributed by atoms with E-state index in [9.17, 15) is 50.8 Å². The minimum absolute atomic E-state index is 0.00631. The number of carbonyl (C=O) groups is 1. The number of ether oxygens (including phenoxy) is 6. The number of aliphatic carboxylic acids is 1. The number of hydrogen-bond acceptors (Lipinski definition) is 15. The van der Waals surface area contributed by atoms with Crippen molar-refractivity contribution in [1.82, 2.24) is 0 Å². The van der Waals surface area contributed by atoms with Gasteiger partial charge in [-0.3, -0.25) is 4.79 Å². The summed E-state index contributed by atoms with van der Waals surface area (Å²) in [6.45, 7) is 14.5. The lowest BCUT2D eigenvalue weighted by Crippen LogP contribution is -2.67. The molecule has 0 amide bonds. The Bertz CT molecular complexity index is 1690. The van der Waals surface area contributed by atoms with Gasteiger partial charge in [0.05, 0.1) is 37.4 Å². The number of hydrogen-bond donors (Lipinski definition) is 9. The maximum atomic E-state index is 13.1. The van der Waals surface area contributed by atoms with Gasteiger partial charge < -0.3 is 74.4 Å². The second-order valence-corrected chi connectivity index (χ2v) is 22.4. The van der Waals surface area contributed by atoms with Crippen LogP contribution in [0.15, 0.2) is 11.6 Å². The molecule has 4 saturated carbocycles. The molecular formula is C46H74O16. The number of fused-ring (bicyclic) bond motifs is 7. The van der Waals surface area contributed by atoms with Crippen LogP contribution in [-0.2, 0) is 33.2 Å². The molecule has 354 valence electrons. The molecule has 0 aromatic carbocycles. The predicted molar refractivity (Wildman–Crippen MR) is 219 cm³/mol. The number of carboxylic acid groups (broad SMARTS) is 1. The summed E-state index contributed by atoms with van der Waals surface area (Å²) in [5.74, 6) is -0.342. The first-order chi connectivity index (χ1) is 29.0. The van der Waals surface area contributed by atoms with Gasteiger partial charge in [-0.15, -0.1) is 0 Å². The van der Waals surface area contributed by atoms with Crippen molar-refractivity contribution in [2.24, 2.45) is 50.2 Å². The van der Waals surface area contributed by atoms with Gasteiger partial charge in [0.15, 0.2) is 18.9 Å².